The molecule has 0 saturated carbocycles. The number of aromatic nitrogens is 1. The van der Waals surface area contributed by atoms with E-state index in [0.717, 1.165) is 22.3 Å². The molecule has 2 heterocycles. The van der Waals surface area contributed by atoms with Gasteiger partial charge in [0.05, 0.1) is 21.3 Å². The molecular formula is C26H27N3O5. The largest absolute Gasteiger partial charge is 0.493 e. The average Bonchev–Trinajstić information content (AvgIpc) is 3.30. The average molecular weight is 462 g/mol. The van der Waals surface area contributed by atoms with Crippen LogP contribution in [0.15, 0.2) is 53.1 Å². The second-order valence-electron chi connectivity index (χ2n) is 7.73. The maximum Gasteiger partial charge on any atom is 0.251 e. The summed E-state index contributed by atoms with van der Waals surface area (Å²) in [5.74, 6) is 1.99. The van der Waals surface area contributed by atoms with Gasteiger partial charge in [-0.1, -0.05) is 6.07 Å². The van der Waals surface area contributed by atoms with Crippen LogP contribution in [0.3, 0.4) is 0 Å². The molecule has 2 aromatic carbocycles. The monoisotopic (exact) mass is 461 g/mol. The molecule has 0 unspecified atom stereocenters. The number of carbonyl (C=O) groups excluding carboxylic acids is 1. The number of hydrogen-bond donors (Lipinski definition) is 2. The first kappa shape index (κ1) is 23.1. The van der Waals surface area contributed by atoms with E-state index in [9.17, 15) is 4.79 Å². The van der Waals surface area contributed by atoms with Gasteiger partial charge in [0.2, 0.25) is 5.75 Å². The first-order valence-corrected chi connectivity index (χ1v) is 10.8. The van der Waals surface area contributed by atoms with E-state index in [1.807, 2.05) is 49.4 Å². The topological polar surface area (TPSA) is 109 Å². The number of fused-ring (bicyclic) bond motifs is 1. The van der Waals surface area contributed by atoms with Crippen LogP contribution in [-0.4, -0.2) is 45.3 Å². The molecule has 4 rings (SSSR count). The lowest BCUT2D eigenvalue weighted by Gasteiger charge is -2.13. The number of hydrogen-bond acceptors (Lipinski definition) is 7. The van der Waals surface area contributed by atoms with Gasteiger partial charge in [0.1, 0.15) is 11.3 Å². The minimum absolute atomic E-state index is 0.168. The Bertz CT molecular complexity index is 1320. The van der Waals surface area contributed by atoms with E-state index in [0.29, 0.717) is 52.8 Å². The number of methoxy groups -OCH3 is 3. The Hall–Kier alpha value is -4.04. The van der Waals surface area contributed by atoms with Crippen LogP contribution in [0.1, 0.15) is 15.9 Å². The Kier molecular flexibility index (Phi) is 6.70. The van der Waals surface area contributed by atoms with E-state index >= 15 is 0 Å². The summed E-state index contributed by atoms with van der Waals surface area (Å²) in [4.78, 5) is 17.0. The summed E-state index contributed by atoms with van der Waals surface area (Å²) in [6.45, 7) is 2.74. The van der Waals surface area contributed by atoms with Gasteiger partial charge in [-0.2, -0.15) is 0 Å². The molecule has 176 valence electrons. The second kappa shape index (κ2) is 9.84. The Morgan fingerprint density at radius 3 is 2.38 bits per heavy atom. The van der Waals surface area contributed by atoms with Gasteiger partial charge >= 0.3 is 0 Å². The van der Waals surface area contributed by atoms with Crippen molar-refractivity contribution in [1.82, 2.24) is 10.3 Å². The lowest BCUT2D eigenvalue weighted by Crippen LogP contribution is -2.29. The van der Waals surface area contributed by atoms with Crippen molar-refractivity contribution in [2.75, 3.05) is 34.4 Å². The summed E-state index contributed by atoms with van der Waals surface area (Å²) in [6.07, 6.45) is 1.72. The van der Waals surface area contributed by atoms with E-state index in [-0.39, 0.29) is 5.91 Å². The van der Waals surface area contributed by atoms with E-state index < -0.39 is 0 Å². The second-order valence-corrected chi connectivity index (χ2v) is 7.73. The quantitative estimate of drug-likeness (QED) is 0.405. The van der Waals surface area contributed by atoms with E-state index in [1.54, 1.807) is 27.5 Å². The highest BCUT2D eigenvalue weighted by Crippen LogP contribution is 2.42. The number of amides is 1. The molecule has 0 aliphatic rings. The van der Waals surface area contributed by atoms with Crippen LogP contribution in [-0.2, 0) is 0 Å². The van der Waals surface area contributed by atoms with Gasteiger partial charge in [0, 0.05) is 42.0 Å². The van der Waals surface area contributed by atoms with Crippen LogP contribution in [0.2, 0.25) is 0 Å². The summed E-state index contributed by atoms with van der Waals surface area (Å²) in [6, 6.07) is 13.1. The molecule has 2 aromatic heterocycles. The van der Waals surface area contributed by atoms with Gasteiger partial charge in [-0.15, -0.1) is 0 Å². The highest BCUT2D eigenvalue weighted by Gasteiger charge is 2.18. The first-order chi connectivity index (χ1) is 16.5. The van der Waals surface area contributed by atoms with Crippen molar-refractivity contribution in [2.24, 2.45) is 5.73 Å². The number of benzene rings is 2. The molecule has 34 heavy (non-hydrogen) atoms. The predicted molar refractivity (Wildman–Crippen MR) is 131 cm³/mol. The SMILES string of the molecule is COc1cc(-c2cc3nccc(-c4cc(C)cc(C(=O)NCCN)c4)c3o2)cc(OC)c1OC. The van der Waals surface area contributed by atoms with Crippen LogP contribution < -0.4 is 25.3 Å². The molecule has 0 spiro atoms. The van der Waals surface area contributed by atoms with E-state index in [1.165, 1.54) is 0 Å². The predicted octanol–water partition coefficient (Wildman–Crippen LogP) is 4.18. The molecule has 0 aliphatic heterocycles. The maximum absolute atomic E-state index is 12.5. The number of carbonyl (C=O) groups is 1. The molecule has 0 radical (unpaired) electrons. The van der Waals surface area contributed by atoms with Crippen molar-refractivity contribution in [1.29, 1.82) is 0 Å². The summed E-state index contributed by atoms with van der Waals surface area (Å²) in [7, 11) is 4.70. The number of nitrogens with two attached hydrogens (primary N) is 1. The van der Waals surface area contributed by atoms with Crippen molar-refractivity contribution >= 4 is 17.0 Å². The lowest BCUT2D eigenvalue weighted by molar-refractivity contribution is 0.0954. The number of nitrogens with zero attached hydrogens (tertiary/aromatic N) is 1. The lowest BCUT2D eigenvalue weighted by atomic mass is 10.00. The highest BCUT2D eigenvalue weighted by molar-refractivity contribution is 5.98. The van der Waals surface area contributed by atoms with Gasteiger partial charge in [0.15, 0.2) is 17.1 Å². The molecule has 8 heteroatoms. The first-order valence-electron chi connectivity index (χ1n) is 10.8. The Balaban J connectivity index is 1.82. The molecular weight excluding hydrogens is 434 g/mol. The summed E-state index contributed by atoms with van der Waals surface area (Å²) in [5.41, 5.74) is 10.8. The smallest absolute Gasteiger partial charge is 0.251 e. The van der Waals surface area contributed by atoms with Crippen molar-refractivity contribution in [3.05, 3.63) is 59.8 Å². The van der Waals surface area contributed by atoms with Crippen molar-refractivity contribution in [2.45, 2.75) is 6.92 Å². The van der Waals surface area contributed by atoms with Crippen LogP contribution in [0.25, 0.3) is 33.6 Å². The molecule has 0 atom stereocenters. The molecule has 4 aromatic rings. The molecule has 0 aliphatic carbocycles. The fourth-order valence-electron chi connectivity index (χ4n) is 3.89. The third kappa shape index (κ3) is 4.40. The summed E-state index contributed by atoms with van der Waals surface area (Å²) in [5, 5.41) is 2.81. The number of aryl methyl sites for hydroxylation is 1. The van der Waals surface area contributed by atoms with E-state index in [4.69, 9.17) is 24.4 Å². The molecule has 3 N–H and O–H groups in total. The fourth-order valence-corrected chi connectivity index (χ4v) is 3.89. The number of pyridine rings is 1. The summed E-state index contributed by atoms with van der Waals surface area (Å²) < 4.78 is 22.7. The number of nitrogens with one attached hydrogen (secondary N) is 1. The van der Waals surface area contributed by atoms with Crippen LogP contribution in [0.4, 0.5) is 0 Å². The number of furan rings is 1. The molecule has 1 amide bonds. The number of ether oxygens (including phenoxy) is 3. The minimum atomic E-state index is -0.168. The normalized spacial score (nSPS) is 10.9. The zero-order chi connectivity index (χ0) is 24.2. The Labute approximate surface area is 197 Å². The van der Waals surface area contributed by atoms with Gasteiger partial charge in [-0.05, 0) is 48.4 Å². The highest BCUT2D eigenvalue weighted by atomic mass is 16.5. The Morgan fingerprint density at radius 1 is 1.00 bits per heavy atom. The Morgan fingerprint density at radius 2 is 1.74 bits per heavy atom. The molecule has 8 nitrogen and oxygen atoms in total. The summed E-state index contributed by atoms with van der Waals surface area (Å²) >= 11 is 0. The number of rotatable bonds is 8. The molecule has 0 bridgehead atoms. The van der Waals surface area contributed by atoms with Crippen LogP contribution >= 0.6 is 0 Å². The van der Waals surface area contributed by atoms with Crippen molar-refractivity contribution in [3.8, 4) is 39.7 Å². The maximum atomic E-state index is 12.5. The fraction of sp³-hybridized carbons (Fsp3) is 0.231. The zero-order valence-corrected chi connectivity index (χ0v) is 19.6. The van der Waals surface area contributed by atoms with Crippen LogP contribution in [0.5, 0.6) is 17.2 Å². The molecule has 0 fully saturated rings. The van der Waals surface area contributed by atoms with Gasteiger partial charge in [-0.3, -0.25) is 9.78 Å². The van der Waals surface area contributed by atoms with Crippen molar-refractivity contribution < 1.29 is 23.4 Å². The third-order valence-corrected chi connectivity index (χ3v) is 5.44. The third-order valence-electron chi connectivity index (χ3n) is 5.44. The molecule has 0 saturated heterocycles. The van der Waals surface area contributed by atoms with Crippen molar-refractivity contribution in [3.63, 3.8) is 0 Å². The van der Waals surface area contributed by atoms with E-state index in [2.05, 4.69) is 10.3 Å². The minimum Gasteiger partial charge on any atom is -0.493 e. The zero-order valence-electron chi connectivity index (χ0n) is 19.6. The standard InChI is InChI=1S/C26H27N3O5/c1-15-9-16(11-18(10-15)26(30)29-8-6-27)19-5-7-28-20-14-21(34-24(19)20)17-12-22(31-2)25(33-4)23(13-17)32-3/h5,7,9-14H,6,8,27H2,1-4H3,(H,29,30). The van der Waals surface area contributed by atoms with Gasteiger partial charge < -0.3 is 29.7 Å². The van der Waals surface area contributed by atoms with Crippen LogP contribution in [0, 0.1) is 6.92 Å². The van der Waals surface area contributed by atoms with Gasteiger partial charge in [0.25, 0.3) is 5.91 Å². The van der Waals surface area contributed by atoms with Gasteiger partial charge in [-0.25, -0.2) is 0 Å².